The van der Waals surface area contributed by atoms with Gasteiger partial charge in [-0.25, -0.2) is 4.79 Å². The summed E-state index contributed by atoms with van der Waals surface area (Å²) in [5.74, 6) is -0.155. The molecule has 1 heterocycles. The Hall–Kier alpha value is -0.830. The van der Waals surface area contributed by atoms with Gasteiger partial charge in [-0.1, -0.05) is 79.1 Å². The van der Waals surface area contributed by atoms with Crippen LogP contribution in [0.5, 0.6) is 0 Å². The second-order valence-corrected chi connectivity index (χ2v) is 7.21. The fourth-order valence-electron chi connectivity index (χ4n) is 3.24. The number of rotatable bonds is 1. The Kier molecular flexibility index (Phi) is 8.73. The zero-order valence-electron chi connectivity index (χ0n) is 14.1. The molecule has 0 spiro atoms. The highest BCUT2D eigenvalue weighted by Gasteiger charge is 2.17. The molecule has 0 saturated heterocycles. The third-order valence-electron chi connectivity index (χ3n) is 4.66. The maximum absolute atomic E-state index is 12.5. The number of halogens is 1. The van der Waals surface area contributed by atoms with E-state index in [1.54, 1.807) is 0 Å². The summed E-state index contributed by atoms with van der Waals surface area (Å²) in [6.45, 7) is 0. The van der Waals surface area contributed by atoms with E-state index in [4.69, 9.17) is 4.74 Å². The van der Waals surface area contributed by atoms with Crippen molar-refractivity contribution in [2.75, 3.05) is 5.33 Å². The third kappa shape index (κ3) is 6.66. The van der Waals surface area contributed by atoms with Crippen molar-refractivity contribution in [3.63, 3.8) is 0 Å². The molecular weight excluding hydrogens is 352 g/mol. The lowest BCUT2D eigenvalue weighted by Crippen LogP contribution is -2.20. The summed E-state index contributed by atoms with van der Waals surface area (Å²) in [5, 5.41) is 0.723. The zero-order chi connectivity index (χ0) is 16.3. The smallest absolute Gasteiger partial charge is 0.338 e. The third-order valence-corrected chi connectivity index (χ3v) is 5.38. The number of hydrogen-bond acceptors (Lipinski definition) is 2. The highest BCUT2D eigenvalue weighted by molar-refractivity contribution is 9.09. The van der Waals surface area contributed by atoms with Crippen molar-refractivity contribution in [1.82, 2.24) is 0 Å². The molecule has 1 aliphatic rings. The van der Waals surface area contributed by atoms with Crippen molar-refractivity contribution >= 4 is 21.9 Å². The van der Waals surface area contributed by atoms with Crippen LogP contribution in [0, 0.1) is 0 Å². The summed E-state index contributed by atoms with van der Waals surface area (Å²) in [5.41, 5.74) is 1.89. The molecule has 0 aliphatic carbocycles. The van der Waals surface area contributed by atoms with E-state index in [1.165, 1.54) is 44.9 Å². The summed E-state index contributed by atoms with van der Waals surface area (Å²) in [4.78, 5) is 12.5. The van der Waals surface area contributed by atoms with Crippen LogP contribution in [0.2, 0.25) is 0 Å². The number of carbonyl (C=O) groups is 1. The van der Waals surface area contributed by atoms with Crippen molar-refractivity contribution < 1.29 is 9.53 Å². The van der Waals surface area contributed by atoms with Gasteiger partial charge >= 0.3 is 5.97 Å². The molecule has 23 heavy (non-hydrogen) atoms. The van der Waals surface area contributed by atoms with Crippen LogP contribution in [0.3, 0.4) is 0 Å². The van der Waals surface area contributed by atoms with E-state index in [0.29, 0.717) is 0 Å². The predicted octanol–water partition coefficient (Wildman–Crippen LogP) is 6.06. The van der Waals surface area contributed by atoms with Crippen LogP contribution in [0.25, 0.3) is 0 Å². The van der Waals surface area contributed by atoms with E-state index in [9.17, 15) is 4.79 Å². The number of ether oxygens (including phenoxy) is 1. The lowest BCUT2D eigenvalue weighted by molar-refractivity contribution is 0.0330. The van der Waals surface area contributed by atoms with Crippen LogP contribution >= 0.6 is 15.9 Å². The number of esters is 1. The average molecular weight is 381 g/mol. The maximum Gasteiger partial charge on any atom is 0.338 e. The molecule has 2 nitrogen and oxygen atoms in total. The van der Waals surface area contributed by atoms with Gasteiger partial charge in [0.15, 0.2) is 0 Å². The lowest BCUT2D eigenvalue weighted by atomic mass is 9.99. The van der Waals surface area contributed by atoms with Gasteiger partial charge in [-0.05, 0) is 37.3 Å². The molecule has 0 saturated carbocycles. The fraction of sp³-hybridized carbons (Fsp3) is 0.650. The molecule has 2 rings (SSSR count). The zero-order valence-corrected chi connectivity index (χ0v) is 15.7. The van der Waals surface area contributed by atoms with E-state index < -0.39 is 0 Å². The van der Waals surface area contributed by atoms with E-state index in [0.717, 1.165) is 42.1 Å². The molecule has 1 unspecified atom stereocenters. The highest BCUT2D eigenvalue weighted by atomic mass is 79.9. The number of carbonyl (C=O) groups excluding carboxylic acids is 1. The molecule has 128 valence electrons. The van der Waals surface area contributed by atoms with Gasteiger partial charge in [0.2, 0.25) is 0 Å². The molecule has 1 atom stereocenters. The van der Waals surface area contributed by atoms with Crippen LogP contribution in [-0.2, 0) is 11.2 Å². The topological polar surface area (TPSA) is 26.3 Å². The Bertz CT molecular complexity index is 472. The van der Waals surface area contributed by atoms with E-state index in [1.807, 2.05) is 18.2 Å². The van der Waals surface area contributed by atoms with E-state index >= 15 is 0 Å². The number of aryl methyl sites for hydroxylation is 1. The minimum Gasteiger partial charge on any atom is -0.458 e. The Labute approximate surface area is 149 Å². The number of cyclic esters (lactones) is 1. The Morgan fingerprint density at radius 3 is 2.22 bits per heavy atom. The molecule has 3 heteroatoms. The second-order valence-electron chi connectivity index (χ2n) is 6.56. The van der Waals surface area contributed by atoms with Crippen molar-refractivity contribution in [2.24, 2.45) is 0 Å². The Morgan fingerprint density at radius 1 is 0.913 bits per heavy atom. The first-order chi connectivity index (χ1) is 11.3. The molecular formula is C20H29BrO2. The molecule has 0 N–H and O–H groups in total. The molecule has 1 aromatic carbocycles. The van der Waals surface area contributed by atoms with Gasteiger partial charge in [0.1, 0.15) is 6.10 Å². The molecule has 0 bridgehead atoms. The summed E-state index contributed by atoms with van der Waals surface area (Å²) in [6, 6.07) is 7.93. The standard InChI is InChI=1S/C20H29BrO2/c21-16-18-14-9-7-5-3-1-2-4-6-8-12-17-13-10-11-15-19(17)20(22)23-18/h10-11,13,15,18H,1-9,12,14,16H2. The number of alkyl halides is 1. The van der Waals surface area contributed by atoms with Crippen LogP contribution in [0.4, 0.5) is 0 Å². The number of benzene rings is 1. The van der Waals surface area contributed by atoms with Gasteiger partial charge < -0.3 is 4.74 Å². The molecule has 0 amide bonds. The first-order valence-electron chi connectivity index (χ1n) is 9.16. The van der Waals surface area contributed by atoms with Crippen molar-refractivity contribution in [3.05, 3.63) is 35.4 Å². The average Bonchev–Trinajstić information content (AvgIpc) is 2.57. The van der Waals surface area contributed by atoms with Gasteiger partial charge in [0, 0.05) is 5.33 Å². The normalized spacial score (nSPS) is 22.1. The second kappa shape index (κ2) is 10.9. The quantitative estimate of drug-likeness (QED) is 0.436. The SMILES string of the molecule is O=C1OC(CBr)CCCCCCCCCCCc2ccccc21. The van der Waals surface area contributed by atoms with Crippen molar-refractivity contribution in [2.45, 2.75) is 76.7 Å². The van der Waals surface area contributed by atoms with Gasteiger partial charge in [0.25, 0.3) is 0 Å². The Balaban J connectivity index is 2.04. The summed E-state index contributed by atoms with van der Waals surface area (Å²) < 4.78 is 5.74. The molecule has 1 aromatic rings. The largest absolute Gasteiger partial charge is 0.458 e. The van der Waals surface area contributed by atoms with Crippen LogP contribution in [-0.4, -0.2) is 17.4 Å². The first kappa shape index (κ1) is 18.5. The minimum absolute atomic E-state index is 0.0107. The van der Waals surface area contributed by atoms with Crippen LogP contribution in [0.15, 0.2) is 24.3 Å². The molecule has 0 radical (unpaired) electrons. The predicted molar refractivity (Wildman–Crippen MR) is 99.3 cm³/mol. The maximum atomic E-state index is 12.5. The van der Waals surface area contributed by atoms with Crippen molar-refractivity contribution in [1.29, 1.82) is 0 Å². The van der Waals surface area contributed by atoms with Crippen LogP contribution in [0.1, 0.15) is 80.1 Å². The van der Waals surface area contributed by atoms with Crippen molar-refractivity contribution in [3.8, 4) is 0 Å². The molecule has 0 fully saturated rings. The summed E-state index contributed by atoms with van der Waals surface area (Å²) in [7, 11) is 0. The summed E-state index contributed by atoms with van der Waals surface area (Å²) in [6.07, 6.45) is 13.4. The van der Waals surface area contributed by atoms with Gasteiger partial charge in [0.05, 0.1) is 5.56 Å². The highest BCUT2D eigenvalue weighted by Crippen LogP contribution is 2.19. The number of hydrogen-bond donors (Lipinski definition) is 0. The van der Waals surface area contributed by atoms with E-state index in [2.05, 4.69) is 22.0 Å². The molecule has 0 aromatic heterocycles. The first-order valence-corrected chi connectivity index (χ1v) is 10.3. The van der Waals surface area contributed by atoms with Gasteiger partial charge in [-0.3, -0.25) is 0 Å². The van der Waals surface area contributed by atoms with Crippen LogP contribution < -0.4 is 0 Å². The Morgan fingerprint density at radius 2 is 1.52 bits per heavy atom. The summed E-state index contributed by atoms with van der Waals surface area (Å²) >= 11 is 3.49. The van der Waals surface area contributed by atoms with Gasteiger partial charge in [-0.2, -0.15) is 0 Å². The molecule has 1 aliphatic heterocycles. The number of fused-ring (bicyclic) bond motifs is 1. The van der Waals surface area contributed by atoms with E-state index in [-0.39, 0.29) is 12.1 Å². The fourth-order valence-corrected chi connectivity index (χ4v) is 3.70. The minimum atomic E-state index is -0.155. The lowest BCUT2D eigenvalue weighted by Gasteiger charge is -2.17. The van der Waals surface area contributed by atoms with Gasteiger partial charge in [-0.15, -0.1) is 0 Å². The monoisotopic (exact) mass is 380 g/mol.